The van der Waals surface area contributed by atoms with E-state index in [9.17, 15) is 0 Å². The van der Waals surface area contributed by atoms with Crippen molar-refractivity contribution < 1.29 is 0 Å². The number of hydrogen-bond acceptors (Lipinski definition) is 2. The van der Waals surface area contributed by atoms with Gasteiger partial charge in [-0.05, 0) is 41.5 Å². The first-order valence-electron chi connectivity index (χ1n) is 7.19. The molecule has 0 fully saturated rings. The number of nitrogens with zero attached hydrogens (tertiary/aromatic N) is 2. The molecule has 3 rings (SSSR count). The van der Waals surface area contributed by atoms with Crippen LogP contribution in [0.1, 0.15) is 19.2 Å². The van der Waals surface area contributed by atoms with Gasteiger partial charge in [0, 0.05) is 29.1 Å². The highest BCUT2D eigenvalue weighted by atomic mass is 79.9. The first-order chi connectivity index (χ1) is 10.3. The van der Waals surface area contributed by atoms with E-state index >= 15 is 0 Å². The molecule has 4 heteroatoms. The van der Waals surface area contributed by atoms with Crippen LogP contribution in [0.4, 0.5) is 5.69 Å². The van der Waals surface area contributed by atoms with Gasteiger partial charge in [0.15, 0.2) is 0 Å². The number of hydrogen-bond donors (Lipinski definition) is 1. The average molecular weight is 344 g/mol. The Bertz CT molecular complexity index is 749. The van der Waals surface area contributed by atoms with Crippen molar-refractivity contribution in [3.8, 4) is 0 Å². The van der Waals surface area contributed by atoms with Gasteiger partial charge in [-0.2, -0.15) is 0 Å². The zero-order valence-electron chi connectivity index (χ0n) is 12.0. The molecule has 108 valence electrons. The van der Waals surface area contributed by atoms with Crippen molar-refractivity contribution in [2.45, 2.75) is 26.4 Å². The number of benzene rings is 2. The third-order valence-corrected chi connectivity index (χ3v) is 4.01. The van der Waals surface area contributed by atoms with Crippen LogP contribution in [0.15, 0.2) is 53.3 Å². The third-order valence-electron chi connectivity index (χ3n) is 3.52. The van der Waals surface area contributed by atoms with E-state index in [1.807, 2.05) is 12.4 Å². The fraction of sp³-hybridized carbons (Fsp3) is 0.235. The van der Waals surface area contributed by atoms with Crippen LogP contribution < -0.4 is 5.32 Å². The Morgan fingerprint density at radius 2 is 1.95 bits per heavy atom. The van der Waals surface area contributed by atoms with Crippen LogP contribution in [0.5, 0.6) is 0 Å². The first-order valence-corrected chi connectivity index (χ1v) is 7.99. The van der Waals surface area contributed by atoms with Crippen molar-refractivity contribution in [1.29, 1.82) is 0 Å². The van der Waals surface area contributed by atoms with Gasteiger partial charge in [0.1, 0.15) is 5.82 Å². The molecule has 2 aromatic carbocycles. The van der Waals surface area contributed by atoms with E-state index in [2.05, 4.69) is 74.1 Å². The van der Waals surface area contributed by atoms with Crippen LogP contribution in [0, 0.1) is 0 Å². The van der Waals surface area contributed by atoms with Crippen LogP contribution in [0.25, 0.3) is 10.8 Å². The topological polar surface area (TPSA) is 29.9 Å². The Labute approximate surface area is 133 Å². The van der Waals surface area contributed by atoms with Gasteiger partial charge < -0.3 is 9.88 Å². The molecule has 1 N–H and O–H groups in total. The molecule has 21 heavy (non-hydrogen) atoms. The highest BCUT2D eigenvalue weighted by Gasteiger charge is 2.02. The Kier molecular flexibility index (Phi) is 4.25. The number of aryl methyl sites for hydroxylation is 1. The van der Waals surface area contributed by atoms with Crippen LogP contribution in [0.2, 0.25) is 0 Å². The van der Waals surface area contributed by atoms with Crippen molar-refractivity contribution >= 4 is 32.4 Å². The molecular formula is C17H18BrN3. The maximum Gasteiger partial charge on any atom is 0.128 e. The predicted molar refractivity (Wildman–Crippen MR) is 91.5 cm³/mol. The van der Waals surface area contributed by atoms with E-state index in [0.29, 0.717) is 0 Å². The maximum atomic E-state index is 4.42. The van der Waals surface area contributed by atoms with Crippen molar-refractivity contribution in [3.63, 3.8) is 0 Å². The van der Waals surface area contributed by atoms with E-state index in [1.54, 1.807) is 0 Å². The standard InChI is InChI=1S/C17H18BrN3/c1-2-8-21-9-7-19-17(21)12-20-16-6-4-13-10-15(18)5-3-14(13)11-16/h3-7,9-11,20H,2,8,12H2,1H3. The summed E-state index contributed by atoms with van der Waals surface area (Å²) in [5.74, 6) is 1.08. The second kappa shape index (κ2) is 6.31. The molecule has 3 aromatic rings. The number of nitrogens with one attached hydrogen (secondary N) is 1. The summed E-state index contributed by atoms with van der Waals surface area (Å²) in [6, 6.07) is 12.8. The summed E-state index contributed by atoms with van der Waals surface area (Å²) in [7, 11) is 0. The molecule has 0 aliphatic rings. The van der Waals surface area contributed by atoms with E-state index in [1.165, 1.54) is 10.8 Å². The SMILES string of the molecule is CCCn1ccnc1CNc1ccc2cc(Br)ccc2c1. The van der Waals surface area contributed by atoms with E-state index in [4.69, 9.17) is 0 Å². The Balaban J connectivity index is 1.75. The lowest BCUT2D eigenvalue weighted by Crippen LogP contribution is -2.08. The normalized spacial score (nSPS) is 11.0. The van der Waals surface area contributed by atoms with Gasteiger partial charge in [-0.25, -0.2) is 4.98 Å². The smallest absolute Gasteiger partial charge is 0.128 e. The van der Waals surface area contributed by atoms with Gasteiger partial charge >= 0.3 is 0 Å². The molecule has 1 aromatic heterocycles. The average Bonchev–Trinajstić information content (AvgIpc) is 2.93. The zero-order valence-corrected chi connectivity index (χ0v) is 13.6. The number of rotatable bonds is 5. The minimum Gasteiger partial charge on any atom is -0.378 e. The van der Waals surface area contributed by atoms with E-state index in [0.717, 1.165) is 35.5 Å². The fourth-order valence-corrected chi connectivity index (χ4v) is 2.84. The second-order valence-electron chi connectivity index (χ2n) is 5.10. The molecule has 0 radical (unpaired) electrons. The van der Waals surface area contributed by atoms with Gasteiger partial charge in [0.05, 0.1) is 6.54 Å². The predicted octanol–water partition coefficient (Wildman–Crippen LogP) is 4.82. The largest absolute Gasteiger partial charge is 0.378 e. The van der Waals surface area contributed by atoms with Crippen molar-refractivity contribution in [3.05, 3.63) is 59.1 Å². The van der Waals surface area contributed by atoms with E-state index < -0.39 is 0 Å². The van der Waals surface area contributed by atoms with Crippen LogP contribution in [0.3, 0.4) is 0 Å². The van der Waals surface area contributed by atoms with Crippen LogP contribution >= 0.6 is 15.9 Å². The number of halogens is 1. The lowest BCUT2D eigenvalue weighted by atomic mass is 10.1. The van der Waals surface area contributed by atoms with Crippen molar-refractivity contribution in [2.75, 3.05) is 5.32 Å². The molecule has 0 bridgehead atoms. The third kappa shape index (κ3) is 3.27. The lowest BCUT2D eigenvalue weighted by molar-refractivity contribution is 0.644. The summed E-state index contributed by atoms with van der Waals surface area (Å²) < 4.78 is 3.31. The molecule has 1 heterocycles. The number of aromatic nitrogens is 2. The molecule has 0 spiro atoms. The lowest BCUT2D eigenvalue weighted by Gasteiger charge is -2.10. The summed E-state index contributed by atoms with van der Waals surface area (Å²) in [6.45, 7) is 3.94. The molecule has 3 nitrogen and oxygen atoms in total. The van der Waals surface area contributed by atoms with Crippen LogP contribution in [-0.4, -0.2) is 9.55 Å². The summed E-state index contributed by atoms with van der Waals surface area (Å²) in [4.78, 5) is 4.42. The molecule has 0 aliphatic carbocycles. The van der Waals surface area contributed by atoms with E-state index in [-0.39, 0.29) is 0 Å². The summed E-state index contributed by atoms with van der Waals surface area (Å²) >= 11 is 3.50. The van der Waals surface area contributed by atoms with Crippen molar-refractivity contribution in [2.24, 2.45) is 0 Å². The highest BCUT2D eigenvalue weighted by molar-refractivity contribution is 9.10. The molecule has 0 aliphatic heterocycles. The van der Waals surface area contributed by atoms with Crippen LogP contribution in [-0.2, 0) is 13.1 Å². The van der Waals surface area contributed by atoms with Gasteiger partial charge in [-0.3, -0.25) is 0 Å². The van der Waals surface area contributed by atoms with Gasteiger partial charge in [-0.15, -0.1) is 0 Å². The Morgan fingerprint density at radius 3 is 2.81 bits per heavy atom. The molecule has 0 saturated carbocycles. The Hall–Kier alpha value is -1.81. The summed E-state index contributed by atoms with van der Waals surface area (Å²) in [5, 5.41) is 5.93. The molecule has 0 unspecified atom stereocenters. The molecule has 0 amide bonds. The van der Waals surface area contributed by atoms with Crippen molar-refractivity contribution in [1.82, 2.24) is 9.55 Å². The number of anilines is 1. The monoisotopic (exact) mass is 343 g/mol. The molecule has 0 atom stereocenters. The summed E-state index contributed by atoms with van der Waals surface area (Å²) in [6.07, 6.45) is 5.03. The number of fused-ring (bicyclic) bond motifs is 1. The highest BCUT2D eigenvalue weighted by Crippen LogP contribution is 2.23. The van der Waals surface area contributed by atoms with Gasteiger partial charge in [-0.1, -0.05) is 35.0 Å². The van der Waals surface area contributed by atoms with Gasteiger partial charge in [0.2, 0.25) is 0 Å². The Morgan fingerprint density at radius 1 is 1.14 bits per heavy atom. The fourth-order valence-electron chi connectivity index (χ4n) is 2.46. The second-order valence-corrected chi connectivity index (χ2v) is 6.01. The molecule has 0 saturated heterocycles. The minimum atomic E-state index is 0.745. The number of imidazole rings is 1. The summed E-state index contributed by atoms with van der Waals surface area (Å²) in [5.41, 5.74) is 1.12. The first kappa shape index (κ1) is 14.1. The maximum absolute atomic E-state index is 4.42. The minimum absolute atomic E-state index is 0.745. The zero-order chi connectivity index (χ0) is 14.7. The molecular weight excluding hydrogens is 326 g/mol. The quantitative estimate of drug-likeness (QED) is 0.719. The van der Waals surface area contributed by atoms with Gasteiger partial charge in [0.25, 0.3) is 0 Å².